The fourth-order valence-corrected chi connectivity index (χ4v) is 4.73. The maximum atomic E-state index is 13.7. The molecule has 2 aromatic rings. The van der Waals surface area contributed by atoms with E-state index >= 15 is 0 Å². The molecule has 0 aliphatic carbocycles. The molecule has 0 bridgehead atoms. The van der Waals surface area contributed by atoms with Crippen molar-refractivity contribution in [2.75, 3.05) is 16.2 Å². The van der Waals surface area contributed by atoms with E-state index in [0.29, 0.717) is 37.2 Å². The Morgan fingerprint density at radius 1 is 1.20 bits per heavy atom. The second-order valence-corrected chi connectivity index (χ2v) is 8.95. The van der Waals surface area contributed by atoms with Crippen LogP contribution in [0.4, 0.5) is 28.9 Å². The third-order valence-corrected chi connectivity index (χ3v) is 6.11. The normalized spacial score (nSPS) is 17.0. The van der Waals surface area contributed by atoms with Gasteiger partial charge in [-0.1, -0.05) is 13.0 Å². The lowest BCUT2D eigenvalue weighted by Gasteiger charge is -2.36. The summed E-state index contributed by atoms with van der Waals surface area (Å²) in [5.74, 6) is -2.18. The number of rotatable bonds is 6. The molecule has 164 valence electrons. The van der Waals surface area contributed by atoms with Crippen molar-refractivity contribution < 1.29 is 31.1 Å². The lowest BCUT2D eigenvalue weighted by atomic mass is 9.99. The summed E-state index contributed by atoms with van der Waals surface area (Å²) in [6.07, 6.45) is -3.49. The molecule has 10 heteroatoms. The van der Waals surface area contributed by atoms with Gasteiger partial charge in [0.25, 0.3) is 0 Å². The van der Waals surface area contributed by atoms with Crippen molar-refractivity contribution >= 4 is 21.4 Å². The summed E-state index contributed by atoms with van der Waals surface area (Å²) in [7, 11) is -3.97. The first-order valence-corrected chi connectivity index (χ1v) is 11.1. The van der Waals surface area contributed by atoms with Crippen LogP contribution in [0.3, 0.4) is 0 Å². The summed E-state index contributed by atoms with van der Waals surface area (Å²) in [5.41, 5.74) is 0.486. The molecule has 1 aliphatic rings. The molecule has 1 heterocycles. The third kappa shape index (κ3) is 5.04. The van der Waals surface area contributed by atoms with Gasteiger partial charge in [0, 0.05) is 17.9 Å². The maximum absolute atomic E-state index is 13.7. The van der Waals surface area contributed by atoms with E-state index in [1.807, 2.05) is 11.8 Å². The van der Waals surface area contributed by atoms with Crippen LogP contribution in [-0.4, -0.2) is 26.3 Å². The van der Waals surface area contributed by atoms with E-state index in [2.05, 4.69) is 4.72 Å². The number of aryl methyl sites for hydroxylation is 1. The molecule has 5 nitrogen and oxygen atoms in total. The number of nitrogens with one attached hydrogen (secondary N) is 1. The zero-order valence-corrected chi connectivity index (χ0v) is 17.0. The first-order chi connectivity index (χ1) is 14.0. The number of halogens is 4. The van der Waals surface area contributed by atoms with Crippen LogP contribution in [0.5, 0.6) is 0 Å². The molecule has 1 unspecified atom stereocenters. The van der Waals surface area contributed by atoms with E-state index in [1.165, 1.54) is 0 Å². The van der Waals surface area contributed by atoms with Crippen LogP contribution < -0.4 is 9.62 Å². The molecule has 0 spiro atoms. The van der Waals surface area contributed by atoms with Crippen LogP contribution in [0.2, 0.25) is 0 Å². The number of fused-ring (bicyclic) bond motifs is 1. The van der Waals surface area contributed by atoms with Gasteiger partial charge in [0.15, 0.2) is 0 Å². The second-order valence-electron chi connectivity index (χ2n) is 7.23. The molecule has 1 aliphatic heterocycles. The molecule has 0 fully saturated rings. The topological polar surface area (TPSA) is 69.6 Å². The van der Waals surface area contributed by atoms with E-state index in [1.54, 1.807) is 18.2 Å². The van der Waals surface area contributed by atoms with Gasteiger partial charge in [-0.2, -0.15) is 13.2 Å². The van der Waals surface area contributed by atoms with Crippen molar-refractivity contribution in [3.05, 3.63) is 58.9 Å². The minimum absolute atomic E-state index is 0.0943. The van der Waals surface area contributed by atoms with Crippen molar-refractivity contribution in [2.45, 2.75) is 44.3 Å². The van der Waals surface area contributed by atoms with Gasteiger partial charge in [-0.15, -0.1) is 0 Å². The minimum Gasteiger partial charge on any atom is -0.374 e. The van der Waals surface area contributed by atoms with Crippen LogP contribution in [-0.2, 0) is 28.4 Å². The lowest BCUT2D eigenvalue weighted by Crippen LogP contribution is -2.39. The maximum Gasteiger partial charge on any atom is 0.419 e. The van der Waals surface area contributed by atoms with E-state index in [4.69, 9.17) is 0 Å². The summed E-state index contributed by atoms with van der Waals surface area (Å²) in [6.45, 7) is 2.66. The van der Waals surface area contributed by atoms with Crippen LogP contribution in [0.25, 0.3) is 0 Å². The van der Waals surface area contributed by atoms with E-state index in [9.17, 15) is 31.1 Å². The van der Waals surface area contributed by atoms with Gasteiger partial charge in [-0.25, -0.2) is 12.8 Å². The van der Waals surface area contributed by atoms with Gasteiger partial charge >= 0.3 is 6.18 Å². The number of benzene rings is 2. The first kappa shape index (κ1) is 22.4. The minimum atomic E-state index is -4.85. The van der Waals surface area contributed by atoms with Gasteiger partial charge in [-0.05, 0) is 60.7 Å². The average Bonchev–Trinajstić information content (AvgIpc) is 2.62. The van der Waals surface area contributed by atoms with Gasteiger partial charge in [0.05, 0.1) is 11.3 Å². The van der Waals surface area contributed by atoms with Gasteiger partial charge in [0.2, 0.25) is 10.0 Å². The standard InChI is InChI=1S/C20H22F4N2O3S/c1-2-9-26-18-7-5-15(11-14(18)4-8-19(26)27)25-30(28,29)12-13-3-6-16(17(21)10-13)20(22,23)24/h3,5-7,10-11,19,25,27H,2,4,8-9,12H2,1H3. The Kier molecular flexibility index (Phi) is 6.28. The monoisotopic (exact) mass is 446 g/mol. The molecule has 2 N–H and O–H groups in total. The number of anilines is 2. The van der Waals surface area contributed by atoms with Crippen molar-refractivity contribution in [3.8, 4) is 0 Å². The van der Waals surface area contributed by atoms with Crippen LogP contribution in [0, 0.1) is 5.82 Å². The average molecular weight is 446 g/mol. The fraction of sp³-hybridized carbons (Fsp3) is 0.400. The Hall–Kier alpha value is -2.33. The highest BCUT2D eigenvalue weighted by atomic mass is 32.2. The molecule has 3 rings (SSSR count). The zero-order valence-electron chi connectivity index (χ0n) is 16.2. The zero-order chi connectivity index (χ0) is 22.1. The highest BCUT2D eigenvalue weighted by molar-refractivity contribution is 7.91. The molecular formula is C20H22F4N2O3S. The smallest absolute Gasteiger partial charge is 0.374 e. The predicted octanol–water partition coefficient (Wildman–Crippen LogP) is 4.27. The number of hydrogen-bond acceptors (Lipinski definition) is 4. The fourth-order valence-electron chi connectivity index (χ4n) is 3.55. The molecule has 0 saturated carbocycles. The number of aliphatic hydroxyl groups is 1. The van der Waals surface area contributed by atoms with Crippen molar-refractivity contribution in [1.29, 1.82) is 0 Å². The number of hydrogen-bond donors (Lipinski definition) is 2. The molecule has 0 amide bonds. The van der Waals surface area contributed by atoms with Crippen molar-refractivity contribution in [1.82, 2.24) is 0 Å². The Morgan fingerprint density at radius 3 is 2.57 bits per heavy atom. The summed E-state index contributed by atoms with van der Waals surface area (Å²) in [6, 6.07) is 7.02. The molecular weight excluding hydrogens is 424 g/mol. The van der Waals surface area contributed by atoms with Gasteiger partial charge in [-0.3, -0.25) is 4.72 Å². The SMILES string of the molecule is CCCN1c2ccc(NS(=O)(=O)Cc3ccc(C(F)(F)F)c(F)c3)cc2CCC1O. The Labute approximate surface area is 172 Å². The molecule has 0 saturated heterocycles. The Morgan fingerprint density at radius 2 is 1.93 bits per heavy atom. The molecule has 2 aromatic carbocycles. The largest absolute Gasteiger partial charge is 0.419 e. The molecule has 0 radical (unpaired) electrons. The summed E-state index contributed by atoms with van der Waals surface area (Å²) in [5, 5.41) is 10.2. The van der Waals surface area contributed by atoms with Crippen LogP contribution in [0.1, 0.15) is 36.5 Å². The Balaban J connectivity index is 1.77. The number of alkyl halides is 3. The highest BCUT2D eigenvalue weighted by Gasteiger charge is 2.34. The molecule has 0 aromatic heterocycles. The van der Waals surface area contributed by atoms with E-state index in [-0.39, 0.29) is 5.56 Å². The number of sulfonamides is 1. The van der Waals surface area contributed by atoms with E-state index in [0.717, 1.165) is 23.7 Å². The van der Waals surface area contributed by atoms with Crippen LogP contribution >= 0.6 is 0 Å². The van der Waals surface area contributed by atoms with Gasteiger partial charge in [0.1, 0.15) is 12.0 Å². The third-order valence-electron chi connectivity index (χ3n) is 4.85. The summed E-state index contributed by atoms with van der Waals surface area (Å²) >= 11 is 0. The van der Waals surface area contributed by atoms with Crippen molar-refractivity contribution in [3.63, 3.8) is 0 Å². The van der Waals surface area contributed by atoms with Crippen LogP contribution in [0.15, 0.2) is 36.4 Å². The Bertz CT molecular complexity index is 1030. The first-order valence-electron chi connectivity index (χ1n) is 9.44. The van der Waals surface area contributed by atoms with Crippen molar-refractivity contribution in [2.24, 2.45) is 0 Å². The number of aliphatic hydroxyl groups excluding tert-OH is 1. The van der Waals surface area contributed by atoms with E-state index < -0.39 is 39.6 Å². The lowest BCUT2D eigenvalue weighted by molar-refractivity contribution is -0.140. The second kappa shape index (κ2) is 8.43. The predicted molar refractivity (Wildman–Crippen MR) is 106 cm³/mol. The summed E-state index contributed by atoms with van der Waals surface area (Å²) in [4.78, 5) is 1.86. The number of nitrogens with zero attached hydrogens (tertiary/aromatic N) is 1. The quantitative estimate of drug-likeness (QED) is 0.651. The van der Waals surface area contributed by atoms with Gasteiger partial charge < -0.3 is 10.0 Å². The summed E-state index contributed by atoms with van der Waals surface area (Å²) < 4.78 is 78.9. The molecule has 30 heavy (non-hydrogen) atoms. The molecule has 1 atom stereocenters. The highest BCUT2D eigenvalue weighted by Crippen LogP contribution is 2.33.